The number of carbonyl (C=O) groups excluding carboxylic acids is 1. The molecule has 0 radical (unpaired) electrons. The quantitative estimate of drug-likeness (QED) is 0.804. The van der Waals surface area contributed by atoms with Crippen molar-refractivity contribution in [3.05, 3.63) is 35.9 Å². The number of benzene rings is 1. The highest BCUT2D eigenvalue weighted by molar-refractivity contribution is 5.79. The van der Waals surface area contributed by atoms with Gasteiger partial charge in [-0.15, -0.1) is 0 Å². The minimum Gasteiger partial charge on any atom is -0.369 e. The van der Waals surface area contributed by atoms with E-state index < -0.39 is 0 Å². The Labute approximate surface area is 115 Å². The Morgan fingerprint density at radius 2 is 1.89 bits per heavy atom. The van der Waals surface area contributed by atoms with E-state index in [1.54, 1.807) is 6.92 Å². The zero-order valence-corrected chi connectivity index (χ0v) is 11.5. The molecule has 0 amide bonds. The third-order valence-electron chi connectivity index (χ3n) is 4.73. The lowest BCUT2D eigenvalue weighted by atomic mass is 9.74. The summed E-state index contributed by atoms with van der Waals surface area (Å²) >= 11 is 0. The van der Waals surface area contributed by atoms with E-state index in [2.05, 4.69) is 12.1 Å². The van der Waals surface area contributed by atoms with Crippen molar-refractivity contribution in [1.82, 2.24) is 0 Å². The van der Waals surface area contributed by atoms with E-state index in [9.17, 15) is 4.79 Å². The van der Waals surface area contributed by atoms with Crippen LogP contribution in [0.1, 0.15) is 50.7 Å². The molecule has 2 unspecified atom stereocenters. The summed E-state index contributed by atoms with van der Waals surface area (Å²) < 4.78 is 6.33. The van der Waals surface area contributed by atoms with Crippen LogP contribution in [0.2, 0.25) is 0 Å². The molecule has 1 aromatic carbocycles. The fourth-order valence-electron chi connectivity index (χ4n) is 3.69. The zero-order valence-electron chi connectivity index (χ0n) is 11.5. The number of ketones is 1. The normalized spacial score (nSPS) is 34.6. The van der Waals surface area contributed by atoms with Crippen molar-refractivity contribution in [3.63, 3.8) is 0 Å². The van der Waals surface area contributed by atoms with Crippen molar-refractivity contribution in [3.8, 4) is 0 Å². The lowest BCUT2D eigenvalue weighted by Crippen LogP contribution is -2.40. The molecular formula is C17H22O2. The second kappa shape index (κ2) is 5.46. The number of carbonyl (C=O) groups is 1. The Bertz CT molecular complexity index is 440. The maximum Gasteiger partial charge on any atom is 0.135 e. The monoisotopic (exact) mass is 258 g/mol. The molecule has 2 aliphatic rings. The molecule has 19 heavy (non-hydrogen) atoms. The van der Waals surface area contributed by atoms with Crippen LogP contribution in [0, 0.1) is 11.8 Å². The summed E-state index contributed by atoms with van der Waals surface area (Å²) in [6.07, 6.45) is 6.32. The van der Waals surface area contributed by atoms with Gasteiger partial charge in [0.05, 0.1) is 12.2 Å². The van der Waals surface area contributed by atoms with Crippen LogP contribution in [-0.2, 0) is 9.53 Å². The number of rotatable bonds is 2. The minimum absolute atomic E-state index is 0.0296. The molecule has 4 atom stereocenters. The third-order valence-corrected chi connectivity index (χ3v) is 4.73. The van der Waals surface area contributed by atoms with Crippen molar-refractivity contribution < 1.29 is 9.53 Å². The van der Waals surface area contributed by atoms with Gasteiger partial charge in [-0.05, 0) is 37.7 Å². The third kappa shape index (κ3) is 2.59. The van der Waals surface area contributed by atoms with E-state index >= 15 is 0 Å². The molecule has 0 N–H and O–H groups in total. The maximum absolute atomic E-state index is 12.0. The van der Waals surface area contributed by atoms with Crippen LogP contribution in [-0.4, -0.2) is 11.9 Å². The first kappa shape index (κ1) is 12.9. The fourth-order valence-corrected chi connectivity index (χ4v) is 3.69. The molecule has 2 nitrogen and oxygen atoms in total. The summed E-state index contributed by atoms with van der Waals surface area (Å²) in [6, 6.07) is 10.2. The first-order valence-corrected chi connectivity index (χ1v) is 7.46. The van der Waals surface area contributed by atoms with Crippen molar-refractivity contribution in [2.24, 2.45) is 11.8 Å². The molecule has 2 heteroatoms. The molecule has 0 aromatic heterocycles. The highest BCUT2D eigenvalue weighted by Gasteiger charge is 2.41. The molecular weight excluding hydrogens is 236 g/mol. The van der Waals surface area contributed by atoms with Crippen LogP contribution in [0.15, 0.2) is 30.3 Å². The van der Waals surface area contributed by atoms with Crippen LogP contribution in [0.25, 0.3) is 0 Å². The first-order valence-electron chi connectivity index (χ1n) is 7.46. The molecule has 3 rings (SSSR count). The number of hydrogen-bond donors (Lipinski definition) is 0. The standard InChI is InChI=1S/C17H22O2/c1-12(18)15-11-14-9-5-6-10-16(14)19-17(15)13-7-3-2-4-8-13/h2-4,7-8,14-17H,5-6,9-11H2,1H3/t14?,15-,16?,17-/m1/s1. The summed E-state index contributed by atoms with van der Waals surface area (Å²) in [5.74, 6) is 0.919. The highest BCUT2D eigenvalue weighted by atomic mass is 16.5. The maximum atomic E-state index is 12.0. The van der Waals surface area contributed by atoms with Gasteiger partial charge in [-0.25, -0.2) is 0 Å². The molecule has 1 aliphatic carbocycles. The van der Waals surface area contributed by atoms with Crippen LogP contribution in [0.4, 0.5) is 0 Å². The fraction of sp³-hybridized carbons (Fsp3) is 0.588. The van der Waals surface area contributed by atoms with Gasteiger partial charge in [0.25, 0.3) is 0 Å². The van der Waals surface area contributed by atoms with Crippen LogP contribution >= 0.6 is 0 Å². The Hall–Kier alpha value is -1.15. The highest BCUT2D eigenvalue weighted by Crippen LogP contribution is 2.44. The zero-order chi connectivity index (χ0) is 13.2. The number of fused-ring (bicyclic) bond motifs is 1. The van der Waals surface area contributed by atoms with E-state index in [1.165, 1.54) is 25.7 Å². The molecule has 1 heterocycles. The number of Topliss-reactive ketones (excluding diaryl/α,β-unsaturated/α-hetero) is 1. The summed E-state index contributed by atoms with van der Waals surface area (Å²) in [7, 11) is 0. The molecule has 2 fully saturated rings. The van der Waals surface area contributed by atoms with Gasteiger partial charge in [0.1, 0.15) is 5.78 Å². The average Bonchev–Trinajstić information content (AvgIpc) is 2.46. The lowest BCUT2D eigenvalue weighted by molar-refractivity contribution is -0.152. The molecule has 1 aromatic rings. The van der Waals surface area contributed by atoms with Gasteiger partial charge in [-0.3, -0.25) is 4.79 Å². The molecule has 1 saturated heterocycles. The summed E-state index contributed by atoms with van der Waals surface area (Å²) in [5, 5.41) is 0. The van der Waals surface area contributed by atoms with Crippen molar-refractivity contribution in [2.45, 2.75) is 51.2 Å². The SMILES string of the molecule is CC(=O)[C@H]1CC2CCCCC2O[C@@H]1c1ccccc1. The van der Waals surface area contributed by atoms with Gasteiger partial charge in [0.15, 0.2) is 0 Å². The lowest BCUT2D eigenvalue weighted by Gasteiger charge is -2.43. The second-order valence-electron chi connectivity index (χ2n) is 6.00. The Balaban J connectivity index is 1.86. The number of ether oxygens (including phenoxy) is 1. The van der Waals surface area contributed by atoms with Gasteiger partial charge >= 0.3 is 0 Å². The average molecular weight is 258 g/mol. The minimum atomic E-state index is -0.0296. The van der Waals surface area contributed by atoms with Gasteiger partial charge < -0.3 is 4.74 Å². The Morgan fingerprint density at radius 3 is 2.63 bits per heavy atom. The van der Waals surface area contributed by atoms with Crippen LogP contribution in [0.5, 0.6) is 0 Å². The molecule has 0 spiro atoms. The molecule has 1 saturated carbocycles. The molecule has 102 valence electrons. The Morgan fingerprint density at radius 1 is 1.16 bits per heavy atom. The largest absolute Gasteiger partial charge is 0.369 e. The van der Waals surface area contributed by atoms with Gasteiger partial charge in [-0.2, -0.15) is 0 Å². The Kier molecular flexibility index (Phi) is 3.69. The van der Waals surface area contributed by atoms with E-state index in [0.717, 1.165) is 12.0 Å². The van der Waals surface area contributed by atoms with E-state index in [4.69, 9.17) is 4.74 Å². The van der Waals surface area contributed by atoms with Crippen LogP contribution < -0.4 is 0 Å². The predicted octanol–water partition coefficient (Wildman–Crippen LogP) is 3.91. The van der Waals surface area contributed by atoms with Gasteiger partial charge in [0, 0.05) is 5.92 Å². The first-order chi connectivity index (χ1) is 9.25. The van der Waals surface area contributed by atoms with Gasteiger partial charge in [0.2, 0.25) is 0 Å². The predicted molar refractivity (Wildman–Crippen MR) is 74.8 cm³/mol. The van der Waals surface area contributed by atoms with Crippen molar-refractivity contribution in [2.75, 3.05) is 0 Å². The molecule has 0 bridgehead atoms. The van der Waals surface area contributed by atoms with Gasteiger partial charge in [-0.1, -0.05) is 43.2 Å². The molecule has 1 aliphatic heterocycles. The summed E-state index contributed by atoms with van der Waals surface area (Å²) in [4.78, 5) is 12.0. The van der Waals surface area contributed by atoms with E-state index in [1.807, 2.05) is 18.2 Å². The van der Waals surface area contributed by atoms with Crippen molar-refractivity contribution in [1.29, 1.82) is 0 Å². The van der Waals surface area contributed by atoms with E-state index in [0.29, 0.717) is 12.0 Å². The smallest absolute Gasteiger partial charge is 0.135 e. The van der Waals surface area contributed by atoms with Crippen LogP contribution in [0.3, 0.4) is 0 Å². The van der Waals surface area contributed by atoms with E-state index in [-0.39, 0.29) is 17.8 Å². The topological polar surface area (TPSA) is 26.3 Å². The summed E-state index contributed by atoms with van der Waals surface area (Å²) in [6.45, 7) is 1.72. The number of hydrogen-bond acceptors (Lipinski definition) is 2. The summed E-state index contributed by atoms with van der Waals surface area (Å²) in [5.41, 5.74) is 1.16. The second-order valence-corrected chi connectivity index (χ2v) is 6.00. The van der Waals surface area contributed by atoms with Crippen molar-refractivity contribution >= 4 is 5.78 Å².